The number of carbonyl (C=O) groups excluding carboxylic acids is 4. The highest BCUT2D eigenvalue weighted by Crippen LogP contribution is 2.32. The van der Waals surface area contributed by atoms with Crippen molar-refractivity contribution in [3.63, 3.8) is 0 Å². The van der Waals surface area contributed by atoms with Crippen LogP contribution in [-0.2, 0) is 38.3 Å². The molecule has 11 heteroatoms. The van der Waals surface area contributed by atoms with Gasteiger partial charge in [-0.05, 0) is 72.0 Å². The Kier molecular flexibility index (Phi) is 13.0. The number of likely N-dealkylation sites (N-methyl/N-ethyl adjacent to an activating group) is 1. The van der Waals surface area contributed by atoms with E-state index in [1.807, 2.05) is 50.2 Å². The minimum Gasteiger partial charge on any atom is -0.464 e. The van der Waals surface area contributed by atoms with Crippen LogP contribution in [0.4, 0.5) is 18.9 Å². The predicted molar refractivity (Wildman–Crippen MR) is 199 cm³/mol. The second-order valence-electron chi connectivity index (χ2n) is 12.4. The van der Waals surface area contributed by atoms with Gasteiger partial charge in [-0.3, -0.25) is 14.4 Å². The van der Waals surface area contributed by atoms with E-state index in [4.69, 9.17) is 9.47 Å². The summed E-state index contributed by atoms with van der Waals surface area (Å²) in [5, 5.41) is 2.75. The monoisotopic (exact) mass is 736 g/mol. The maximum absolute atomic E-state index is 13.7. The Balaban J connectivity index is 1.38. The average molecular weight is 737 g/mol. The molecule has 1 N–H and O–H groups in total. The lowest BCUT2D eigenvalue weighted by Crippen LogP contribution is -2.37. The standard InChI is InChI=1S/C43H39F3N2O6/c1-3-48(4-2)41(51)37(31-15-9-6-10-16-31)28-53-39(49)26-30-19-24-38(36(25-30)42(52)54-27-29-13-7-5-8-14-29)47-40(50)35-18-12-11-17-34(35)32-20-22-33(23-21-32)43(44,45)46/h5-25,37H,3-4,26-28H2,1-2H3,(H,47,50). The Morgan fingerprint density at radius 3 is 1.98 bits per heavy atom. The van der Waals surface area contributed by atoms with Crippen LogP contribution < -0.4 is 5.32 Å². The van der Waals surface area contributed by atoms with Crippen LogP contribution in [0, 0.1) is 0 Å². The van der Waals surface area contributed by atoms with Gasteiger partial charge in [-0.2, -0.15) is 13.2 Å². The van der Waals surface area contributed by atoms with Gasteiger partial charge in [0.2, 0.25) is 5.91 Å². The van der Waals surface area contributed by atoms with Crippen LogP contribution in [-0.4, -0.2) is 48.3 Å². The first-order valence-corrected chi connectivity index (χ1v) is 17.4. The van der Waals surface area contributed by atoms with Gasteiger partial charge in [0.25, 0.3) is 5.91 Å². The van der Waals surface area contributed by atoms with Crippen LogP contribution in [0.3, 0.4) is 0 Å². The topological polar surface area (TPSA) is 102 Å². The SMILES string of the molecule is CCN(CC)C(=O)C(COC(=O)Cc1ccc(NC(=O)c2ccccc2-c2ccc(C(F)(F)F)cc2)c(C(=O)OCc2ccccc2)c1)c1ccccc1. The van der Waals surface area contributed by atoms with Crippen LogP contribution in [0.5, 0.6) is 0 Å². The van der Waals surface area contributed by atoms with Crippen LogP contribution in [0.25, 0.3) is 11.1 Å². The van der Waals surface area contributed by atoms with E-state index in [9.17, 15) is 32.3 Å². The van der Waals surface area contributed by atoms with Crippen molar-refractivity contribution in [1.82, 2.24) is 4.90 Å². The molecule has 0 bridgehead atoms. The molecule has 0 radical (unpaired) electrons. The third-order valence-electron chi connectivity index (χ3n) is 8.79. The summed E-state index contributed by atoms with van der Waals surface area (Å²) in [5.41, 5.74) is 1.99. The maximum atomic E-state index is 13.7. The molecule has 8 nitrogen and oxygen atoms in total. The first kappa shape index (κ1) is 39.0. The smallest absolute Gasteiger partial charge is 0.416 e. The Morgan fingerprint density at radius 2 is 1.33 bits per heavy atom. The Hall–Kier alpha value is -6.23. The Morgan fingerprint density at radius 1 is 0.704 bits per heavy atom. The normalized spacial score (nSPS) is 11.6. The number of anilines is 1. The van der Waals surface area contributed by atoms with Gasteiger partial charge in [0.1, 0.15) is 13.2 Å². The molecule has 0 aliphatic carbocycles. The van der Waals surface area contributed by atoms with Crippen molar-refractivity contribution < 1.29 is 41.8 Å². The quantitative estimate of drug-likeness (QED) is 0.115. The molecule has 0 heterocycles. The Labute approximate surface area is 311 Å². The van der Waals surface area contributed by atoms with Crippen LogP contribution in [0.2, 0.25) is 0 Å². The molecule has 2 amide bonds. The molecule has 0 saturated carbocycles. The van der Waals surface area contributed by atoms with E-state index >= 15 is 0 Å². The zero-order valence-corrected chi connectivity index (χ0v) is 29.8. The number of carbonyl (C=O) groups is 4. The Bertz CT molecular complexity index is 2070. The van der Waals surface area contributed by atoms with Crippen LogP contribution in [0.1, 0.15) is 62.7 Å². The summed E-state index contributed by atoms with van der Waals surface area (Å²) in [7, 11) is 0. The van der Waals surface area contributed by atoms with E-state index < -0.39 is 35.5 Å². The third-order valence-corrected chi connectivity index (χ3v) is 8.79. The van der Waals surface area contributed by atoms with Crippen molar-refractivity contribution in [2.45, 2.75) is 39.0 Å². The molecule has 0 spiro atoms. The summed E-state index contributed by atoms with van der Waals surface area (Å²) in [6.07, 6.45) is -4.76. The van der Waals surface area contributed by atoms with Crippen LogP contribution >= 0.6 is 0 Å². The first-order chi connectivity index (χ1) is 26.0. The molecule has 1 unspecified atom stereocenters. The van der Waals surface area contributed by atoms with Crippen molar-refractivity contribution >= 4 is 29.4 Å². The fourth-order valence-corrected chi connectivity index (χ4v) is 5.89. The van der Waals surface area contributed by atoms with Gasteiger partial charge in [0.15, 0.2) is 0 Å². The molecule has 0 aliphatic heterocycles. The lowest BCUT2D eigenvalue weighted by atomic mass is 9.97. The lowest BCUT2D eigenvalue weighted by Gasteiger charge is -2.25. The molecule has 0 aliphatic rings. The number of rotatable bonds is 14. The van der Waals surface area contributed by atoms with Gasteiger partial charge in [-0.15, -0.1) is 0 Å². The van der Waals surface area contributed by atoms with E-state index in [0.717, 1.165) is 17.7 Å². The van der Waals surface area contributed by atoms with Gasteiger partial charge in [0, 0.05) is 18.7 Å². The fourth-order valence-electron chi connectivity index (χ4n) is 5.89. The van der Waals surface area contributed by atoms with Gasteiger partial charge in [0.05, 0.1) is 29.2 Å². The summed E-state index contributed by atoms with van der Waals surface area (Å²) in [6, 6.07) is 33.4. The molecule has 5 aromatic carbocycles. The average Bonchev–Trinajstić information content (AvgIpc) is 3.18. The molecule has 0 aromatic heterocycles. The zero-order valence-electron chi connectivity index (χ0n) is 29.8. The lowest BCUT2D eigenvalue weighted by molar-refractivity contribution is -0.145. The number of nitrogens with zero attached hydrogens (tertiary/aromatic N) is 1. The van der Waals surface area contributed by atoms with Crippen molar-refractivity contribution in [3.8, 4) is 11.1 Å². The summed E-state index contributed by atoms with van der Waals surface area (Å²) >= 11 is 0. The second kappa shape index (κ2) is 18.0. The maximum Gasteiger partial charge on any atom is 0.416 e. The summed E-state index contributed by atoms with van der Waals surface area (Å²) < 4.78 is 50.8. The number of halogens is 3. The third kappa shape index (κ3) is 10.0. The summed E-state index contributed by atoms with van der Waals surface area (Å²) in [5.74, 6) is -2.90. The second-order valence-corrected chi connectivity index (χ2v) is 12.4. The number of nitrogens with one attached hydrogen (secondary N) is 1. The fraction of sp³-hybridized carbons (Fsp3) is 0.209. The first-order valence-electron chi connectivity index (χ1n) is 17.4. The van der Waals surface area contributed by atoms with Crippen LogP contribution in [0.15, 0.2) is 127 Å². The molecular weight excluding hydrogens is 697 g/mol. The molecular formula is C43H39F3N2O6. The molecule has 0 fully saturated rings. The number of hydrogen-bond donors (Lipinski definition) is 1. The number of esters is 2. The van der Waals surface area contributed by atoms with E-state index in [-0.39, 0.29) is 42.4 Å². The van der Waals surface area contributed by atoms with Gasteiger partial charge < -0.3 is 19.7 Å². The van der Waals surface area contributed by atoms with E-state index in [1.54, 1.807) is 53.4 Å². The molecule has 278 valence electrons. The predicted octanol–water partition coefficient (Wildman–Crippen LogP) is 8.72. The van der Waals surface area contributed by atoms with Crippen molar-refractivity contribution in [2.75, 3.05) is 25.0 Å². The zero-order chi connectivity index (χ0) is 38.7. The van der Waals surface area contributed by atoms with Gasteiger partial charge in [-0.25, -0.2) is 4.79 Å². The van der Waals surface area contributed by atoms with Crippen molar-refractivity contribution in [1.29, 1.82) is 0 Å². The number of amides is 2. The van der Waals surface area contributed by atoms with Crippen molar-refractivity contribution in [3.05, 3.63) is 161 Å². The van der Waals surface area contributed by atoms with E-state index in [1.165, 1.54) is 30.3 Å². The van der Waals surface area contributed by atoms with E-state index in [0.29, 0.717) is 35.3 Å². The molecule has 5 rings (SSSR count). The number of benzene rings is 5. The minimum atomic E-state index is -4.52. The summed E-state index contributed by atoms with van der Waals surface area (Å²) in [6.45, 7) is 4.51. The van der Waals surface area contributed by atoms with Gasteiger partial charge >= 0.3 is 18.1 Å². The summed E-state index contributed by atoms with van der Waals surface area (Å²) in [4.78, 5) is 55.4. The van der Waals surface area contributed by atoms with Gasteiger partial charge in [-0.1, -0.05) is 97.1 Å². The van der Waals surface area contributed by atoms with E-state index in [2.05, 4.69) is 5.32 Å². The number of alkyl halides is 3. The molecule has 0 saturated heterocycles. The number of ether oxygens (including phenoxy) is 2. The van der Waals surface area contributed by atoms with Crippen molar-refractivity contribution in [2.24, 2.45) is 0 Å². The molecule has 5 aromatic rings. The highest BCUT2D eigenvalue weighted by molar-refractivity contribution is 6.11. The molecule has 1 atom stereocenters. The number of hydrogen-bond acceptors (Lipinski definition) is 6. The molecule has 54 heavy (non-hydrogen) atoms. The highest BCUT2D eigenvalue weighted by Gasteiger charge is 2.30. The highest BCUT2D eigenvalue weighted by atomic mass is 19.4. The largest absolute Gasteiger partial charge is 0.464 e. The minimum absolute atomic E-state index is 0.0320.